The molecular weight excluding hydrogens is 336 g/mol. The van der Waals surface area contributed by atoms with E-state index in [2.05, 4.69) is 20.6 Å². The second-order valence-corrected chi connectivity index (χ2v) is 6.56. The molecule has 0 spiro atoms. The number of urea groups is 1. The number of aromatic nitrogens is 2. The van der Waals surface area contributed by atoms with Crippen molar-refractivity contribution in [3.8, 4) is 11.4 Å². The highest BCUT2D eigenvalue weighted by molar-refractivity contribution is 6.00. The number of para-hydroxylation sites is 2. The summed E-state index contributed by atoms with van der Waals surface area (Å²) in [7, 11) is 0. The molecule has 0 saturated heterocycles. The third kappa shape index (κ3) is 3.67. The second kappa shape index (κ2) is 6.96. The van der Waals surface area contributed by atoms with Gasteiger partial charge in [-0.25, -0.2) is 9.78 Å². The van der Waals surface area contributed by atoms with Crippen molar-refractivity contribution >= 4 is 28.4 Å². The van der Waals surface area contributed by atoms with Crippen LogP contribution in [0, 0.1) is 13.8 Å². The Kier molecular flexibility index (Phi) is 4.34. The van der Waals surface area contributed by atoms with Crippen molar-refractivity contribution in [1.82, 2.24) is 9.97 Å². The van der Waals surface area contributed by atoms with Gasteiger partial charge < -0.3 is 15.6 Å². The van der Waals surface area contributed by atoms with Gasteiger partial charge in [-0.3, -0.25) is 0 Å². The normalized spacial score (nSPS) is 10.7. The number of aromatic amines is 1. The maximum absolute atomic E-state index is 12.3. The number of nitrogens with one attached hydrogen (secondary N) is 3. The first kappa shape index (κ1) is 16.8. The van der Waals surface area contributed by atoms with Crippen LogP contribution in [0.4, 0.5) is 16.2 Å². The standard InChI is InChI=1S/C22H20N4O/c1-14-10-11-18(12-15(14)2)24-22(27)23-17-7-5-6-16(13-17)21-25-19-8-3-4-9-20(19)26-21/h3-13H,1-2H3,(H,25,26)(H2,23,24,27). The van der Waals surface area contributed by atoms with Gasteiger partial charge in [0.25, 0.3) is 0 Å². The van der Waals surface area contributed by atoms with Crippen LogP contribution in [0.1, 0.15) is 11.1 Å². The smallest absolute Gasteiger partial charge is 0.323 e. The first-order valence-electron chi connectivity index (χ1n) is 8.79. The van der Waals surface area contributed by atoms with Gasteiger partial charge in [0, 0.05) is 16.9 Å². The van der Waals surface area contributed by atoms with Crippen molar-refractivity contribution in [3.05, 3.63) is 77.9 Å². The minimum absolute atomic E-state index is 0.278. The van der Waals surface area contributed by atoms with Gasteiger partial charge >= 0.3 is 6.03 Å². The number of H-pyrrole nitrogens is 1. The number of amides is 2. The molecule has 0 saturated carbocycles. The van der Waals surface area contributed by atoms with Crippen LogP contribution in [0.15, 0.2) is 66.7 Å². The fourth-order valence-corrected chi connectivity index (χ4v) is 2.95. The molecule has 0 unspecified atom stereocenters. The molecule has 2 amide bonds. The van der Waals surface area contributed by atoms with Gasteiger partial charge in [-0.1, -0.05) is 30.3 Å². The predicted octanol–water partition coefficient (Wildman–Crippen LogP) is 5.49. The van der Waals surface area contributed by atoms with E-state index in [0.717, 1.165) is 33.7 Å². The maximum atomic E-state index is 12.3. The van der Waals surface area contributed by atoms with Gasteiger partial charge in [0.15, 0.2) is 0 Å². The Morgan fingerprint density at radius 2 is 1.63 bits per heavy atom. The summed E-state index contributed by atoms with van der Waals surface area (Å²) in [4.78, 5) is 20.2. The van der Waals surface area contributed by atoms with Crippen LogP contribution in [0.25, 0.3) is 22.4 Å². The van der Waals surface area contributed by atoms with Gasteiger partial charge in [-0.15, -0.1) is 0 Å². The molecule has 4 rings (SSSR count). The van der Waals surface area contributed by atoms with Gasteiger partial charge in [-0.2, -0.15) is 0 Å². The molecule has 0 aliphatic heterocycles. The van der Waals surface area contributed by atoms with Crippen LogP contribution in [-0.4, -0.2) is 16.0 Å². The minimum Gasteiger partial charge on any atom is -0.338 e. The largest absolute Gasteiger partial charge is 0.338 e. The number of anilines is 2. The lowest BCUT2D eigenvalue weighted by atomic mass is 10.1. The van der Waals surface area contributed by atoms with Crippen LogP contribution in [0.2, 0.25) is 0 Å². The number of imidazole rings is 1. The van der Waals surface area contributed by atoms with Crippen molar-refractivity contribution in [1.29, 1.82) is 0 Å². The molecule has 4 aromatic rings. The Morgan fingerprint density at radius 3 is 2.41 bits per heavy atom. The van der Waals surface area contributed by atoms with Crippen molar-refractivity contribution in [2.75, 3.05) is 10.6 Å². The summed E-state index contributed by atoms with van der Waals surface area (Å²) in [5.41, 5.74) is 6.62. The molecule has 0 aliphatic rings. The number of aryl methyl sites for hydroxylation is 2. The highest BCUT2D eigenvalue weighted by Crippen LogP contribution is 2.23. The van der Waals surface area contributed by atoms with E-state index in [1.54, 1.807) is 0 Å². The quantitative estimate of drug-likeness (QED) is 0.454. The summed E-state index contributed by atoms with van der Waals surface area (Å²) in [6.45, 7) is 4.07. The molecule has 5 nitrogen and oxygen atoms in total. The number of nitrogens with zero attached hydrogens (tertiary/aromatic N) is 1. The van der Waals surface area contributed by atoms with E-state index in [1.807, 2.05) is 80.6 Å². The van der Waals surface area contributed by atoms with Gasteiger partial charge in [0.2, 0.25) is 0 Å². The van der Waals surface area contributed by atoms with Crippen molar-refractivity contribution in [2.24, 2.45) is 0 Å². The number of fused-ring (bicyclic) bond motifs is 1. The predicted molar refractivity (Wildman–Crippen MR) is 110 cm³/mol. The lowest BCUT2D eigenvalue weighted by Gasteiger charge is -2.10. The number of carbonyl (C=O) groups is 1. The average Bonchev–Trinajstić information content (AvgIpc) is 3.09. The van der Waals surface area contributed by atoms with E-state index in [1.165, 1.54) is 5.56 Å². The van der Waals surface area contributed by atoms with Gasteiger partial charge in [0.1, 0.15) is 5.82 Å². The SMILES string of the molecule is Cc1ccc(NC(=O)Nc2cccc(-c3nc4ccccc4[nH]3)c2)cc1C. The Morgan fingerprint density at radius 1 is 0.852 bits per heavy atom. The molecule has 134 valence electrons. The Labute approximate surface area is 157 Å². The summed E-state index contributed by atoms with van der Waals surface area (Å²) >= 11 is 0. The molecule has 0 bridgehead atoms. The molecule has 27 heavy (non-hydrogen) atoms. The first-order chi connectivity index (χ1) is 13.1. The molecule has 1 heterocycles. The van der Waals surface area contributed by atoms with E-state index in [4.69, 9.17) is 0 Å². The second-order valence-electron chi connectivity index (χ2n) is 6.56. The number of benzene rings is 3. The minimum atomic E-state index is -0.278. The van der Waals surface area contributed by atoms with Crippen LogP contribution < -0.4 is 10.6 Å². The molecule has 1 aromatic heterocycles. The summed E-state index contributed by atoms with van der Waals surface area (Å²) < 4.78 is 0. The average molecular weight is 356 g/mol. The Hall–Kier alpha value is -3.60. The highest BCUT2D eigenvalue weighted by Gasteiger charge is 2.08. The molecule has 0 atom stereocenters. The third-order valence-electron chi connectivity index (χ3n) is 4.55. The number of hydrogen-bond acceptors (Lipinski definition) is 2. The number of carbonyl (C=O) groups excluding carboxylic acids is 1. The number of rotatable bonds is 3. The Bertz CT molecular complexity index is 1100. The Balaban J connectivity index is 1.51. The van der Waals surface area contributed by atoms with E-state index in [0.29, 0.717) is 5.69 Å². The van der Waals surface area contributed by atoms with E-state index < -0.39 is 0 Å². The zero-order valence-electron chi connectivity index (χ0n) is 15.2. The summed E-state index contributed by atoms with van der Waals surface area (Å²) in [6, 6.07) is 21.1. The fraction of sp³-hybridized carbons (Fsp3) is 0.0909. The van der Waals surface area contributed by atoms with Gasteiger partial charge in [0.05, 0.1) is 11.0 Å². The lowest BCUT2D eigenvalue weighted by Crippen LogP contribution is -2.19. The van der Waals surface area contributed by atoms with Crippen molar-refractivity contribution in [3.63, 3.8) is 0 Å². The molecule has 3 N–H and O–H groups in total. The molecular formula is C22H20N4O. The fourth-order valence-electron chi connectivity index (χ4n) is 2.95. The molecule has 0 radical (unpaired) electrons. The topological polar surface area (TPSA) is 69.8 Å². The van der Waals surface area contributed by atoms with Crippen LogP contribution in [0.5, 0.6) is 0 Å². The zero-order valence-corrected chi connectivity index (χ0v) is 15.2. The summed E-state index contributed by atoms with van der Waals surface area (Å²) in [6.07, 6.45) is 0. The zero-order chi connectivity index (χ0) is 18.8. The highest BCUT2D eigenvalue weighted by atomic mass is 16.2. The molecule has 0 aliphatic carbocycles. The number of hydrogen-bond donors (Lipinski definition) is 3. The third-order valence-corrected chi connectivity index (χ3v) is 4.55. The first-order valence-corrected chi connectivity index (χ1v) is 8.79. The van der Waals surface area contributed by atoms with Crippen LogP contribution >= 0.6 is 0 Å². The lowest BCUT2D eigenvalue weighted by molar-refractivity contribution is 0.262. The van der Waals surface area contributed by atoms with E-state index in [9.17, 15) is 4.79 Å². The van der Waals surface area contributed by atoms with Crippen molar-refractivity contribution in [2.45, 2.75) is 13.8 Å². The van der Waals surface area contributed by atoms with Gasteiger partial charge in [-0.05, 0) is 61.4 Å². The monoisotopic (exact) mass is 356 g/mol. The van der Waals surface area contributed by atoms with Crippen LogP contribution in [0.3, 0.4) is 0 Å². The molecule has 3 aromatic carbocycles. The summed E-state index contributed by atoms with van der Waals surface area (Å²) in [5, 5.41) is 5.74. The molecule has 0 fully saturated rings. The van der Waals surface area contributed by atoms with E-state index in [-0.39, 0.29) is 6.03 Å². The van der Waals surface area contributed by atoms with Crippen LogP contribution in [-0.2, 0) is 0 Å². The van der Waals surface area contributed by atoms with Crippen molar-refractivity contribution < 1.29 is 4.79 Å². The maximum Gasteiger partial charge on any atom is 0.323 e. The summed E-state index contributed by atoms with van der Waals surface area (Å²) in [5.74, 6) is 0.773. The molecule has 5 heteroatoms. The van der Waals surface area contributed by atoms with E-state index >= 15 is 0 Å².